The van der Waals surface area contributed by atoms with Gasteiger partial charge in [0.2, 0.25) is 5.76 Å². The van der Waals surface area contributed by atoms with Crippen molar-refractivity contribution in [2.24, 2.45) is 0 Å². The monoisotopic (exact) mass is 210 g/mol. The molecule has 0 aliphatic heterocycles. The summed E-state index contributed by atoms with van der Waals surface area (Å²) in [5.41, 5.74) is 0. The number of halogens is 3. The van der Waals surface area contributed by atoms with Crippen molar-refractivity contribution in [3.8, 4) is 0 Å². The maximum absolute atomic E-state index is 12.0. The Morgan fingerprint density at radius 3 is 2.46 bits per heavy atom. The van der Waals surface area contributed by atoms with E-state index in [1.54, 1.807) is 0 Å². The molecule has 0 unspecified atom stereocenters. The van der Waals surface area contributed by atoms with Crippen LogP contribution in [0.1, 0.15) is 17.9 Å². The highest BCUT2D eigenvalue weighted by Gasteiger charge is 2.34. The SMILES string of the molecule is FC(F)(F)c1ccc(CCCS)o1. The Kier molecular flexibility index (Phi) is 3.30. The van der Waals surface area contributed by atoms with Crippen LogP contribution in [0.25, 0.3) is 0 Å². The van der Waals surface area contributed by atoms with Crippen LogP contribution in [-0.2, 0) is 12.6 Å². The molecule has 13 heavy (non-hydrogen) atoms. The first-order valence-corrected chi connectivity index (χ1v) is 4.44. The molecule has 1 heterocycles. The van der Waals surface area contributed by atoms with Crippen LogP contribution in [-0.4, -0.2) is 5.75 Å². The van der Waals surface area contributed by atoms with E-state index in [9.17, 15) is 13.2 Å². The van der Waals surface area contributed by atoms with Gasteiger partial charge in [-0.25, -0.2) is 0 Å². The summed E-state index contributed by atoms with van der Waals surface area (Å²) in [6, 6.07) is 2.31. The van der Waals surface area contributed by atoms with E-state index >= 15 is 0 Å². The highest BCUT2D eigenvalue weighted by Crippen LogP contribution is 2.30. The molecule has 0 amide bonds. The van der Waals surface area contributed by atoms with Crippen molar-refractivity contribution in [3.05, 3.63) is 23.7 Å². The van der Waals surface area contributed by atoms with Gasteiger partial charge in [-0.1, -0.05) is 0 Å². The number of rotatable bonds is 3. The number of aryl methyl sites for hydroxylation is 1. The Labute approximate surface area is 79.3 Å². The minimum atomic E-state index is -4.38. The normalized spacial score (nSPS) is 12.0. The first-order chi connectivity index (χ1) is 6.04. The fraction of sp³-hybridized carbons (Fsp3) is 0.500. The minimum absolute atomic E-state index is 0.362. The maximum Gasteiger partial charge on any atom is 0.449 e. The molecule has 0 N–H and O–H groups in total. The molecule has 0 radical (unpaired) electrons. The second-order valence-corrected chi connectivity index (χ2v) is 3.04. The van der Waals surface area contributed by atoms with Crippen molar-refractivity contribution >= 4 is 12.6 Å². The van der Waals surface area contributed by atoms with Gasteiger partial charge in [0.25, 0.3) is 0 Å². The second-order valence-electron chi connectivity index (χ2n) is 2.59. The predicted molar refractivity (Wildman–Crippen MR) is 45.9 cm³/mol. The zero-order valence-electron chi connectivity index (χ0n) is 6.77. The predicted octanol–water partition coefficient (Wildman–Crippen LogP) is 3.16. The van der Waals surface area contributed by atoms with E-state index in [0.29, 0.717) is 24.4 Å². The quantitative estimate of drug-likeness (QED) is 0.756. The van der Waals surface area contributed by atoms with Crippen LogP contribution in [0.5, 0.6) is 0 Å². The van der Waals surface area contributed by atoms with Gasteiger partial charge in [0, 0.05) is 6.42 Å². The standard InChI is InChI=1S/C8H9F3OS/c9-8(10,11)7-4-3-6(12-7)2-1-5-13/h3-4,13H,1-2,5H2. The van der Waals surface area contributed by atoms with E-state index in [-0.39, 0.29) is 0 Å². The lowest BCUT2D eigenvalue weighted by Crippen LogP contribution is -2.02. The van der Waals surface area contributed by atoms with Gasteiger partial charge in [-0.15, -0.1) is 0 Å². The van der Waals surface area contributed by atoms with Gasteiger partial charge in [0.15, 0.2) is 0 Å². The van der Waals surface area contributed by atoms with E-state index < -0.39 is 11.9 Å². The number of hydrogen-bond acceptors (Lipinski definition) is 2. The molecule has 0 bridgehead atoms. The van der Waals surface area contributed by atoms with Gasteiger partial charge in [-0.2, -0.15) is 25.8 Å². The molecular formula is C8H9F3OS. The van der Waals surface area contributed by atoms with Crippen LogP contribution in [0.2, 0.25) is 0 Å². The van der Waals surface area contributed by atoms with Gasteiger partial charge in [0.1, 0.15) is 5.76 Å². The van der Waals surface area contributed by atoms with Crippen molar-refractivity contribution in [2.45, 2.75) is 19.0 Å². The van der Waals surface area contributed by atoms with E-state index in [1.807, 2.05) is 0 Å². The van der Waals surface area contributed by atoms with E-state index in [0.717, 1.165) is 6.07 Å². The van der Waals surface area contributed by atoms with Crippen LogP contribution in [0.4, 0.5) is 13.2 Å². The van der Waals surface area contributed by atoms with E-state index in [1.165, 1.54) is 6.07 Å². The summed E-state index contributed by atoms with van der Waals surface area (Å²) in [7, 11) is 0. The highest BCUT2D eigenvalue weighted by molar-refractivity contribution is 7.80. The molecule has 0 aliphatic carbocycles. The molecule has 0 saturated heterocycles. The third kappa shape index (κ3) is 2.99. The van der Waals surface area contributed by atoms with E-state index in [2.05, 4.69) is 17.0 Å². The van der Waals surface area contributed by atoms with Crippen molar-refractivity contribution in [1.82, 2.24) is 0 Å². The second kappa shape index (κ2) is 4.09. The van der Waals surface area contributed by atoms with E-state index in [4.69, 9.17) is 0 Å². The summed E-state index contributed by atoms with van der Waals surface area (Å²) >= 11 is 3.95. The zero-order valence-corrected chi connectivity index (χ0v) is 7.66. The van der Waals surface area contributed by atoms with Crippen LogP contribution < -0.4 is 0 Å². The minimum Gasteiger partial charge on any atom is -0.457 e. The molecule has 0 aliphatic rings. The van der Waals surface area contributed by atoms with Gasteiger partial charge in [-0.3, -0.25) is 0 Å². The summed E-state index contributed by atoms with van der Waals surface area (Å²) in [6.45, 7) is 0. The Morgan fingerprint density at radius 1 is 1.31 bits per heavy atom. The summed E-state index contributed by atoms with van der Waals surface area (Å²) in [5.74, 6) is 0.0743. The Balaban J connectivity index is 2.64. The topological polar surface area (TPSA) is 13.1 Å². The number of alkyl halides is 3. The fourth-order valence-corrected chi connectivity index (χ4v) is 1.08. The zero-order chi connectivity index (χ0) is 9.90. The summed E-state index contributed by atoms with van der Waals surface area (Å²) in [6.07, 6.45) is -3.16. The van der Waals surface area contributed by atoms with Crippen LogP contribution in [0.15, 0.2) is 16.5 Å². The summed E-state index contributed by atoms with van der Waals surface area (Å²) in [5, 5.41) is 0. The molecule has 5 heteroatoms. The van der Waals surface area contributed by atoms with Crippen molar-refractivity contribution in [2.75, 3.05) is 5.75 Å². The number of furan rings is 1. The average Bonchev–Trinajstić information content (AvgIpc) is 2.47. The third-order valence-electron chi connectivity index (χ3n) is 1.52. The lowest BCUT2D eigenvalue weighted by Gasteiger charge is -2.00. The van der Waals surface area contributed by atoms with Gasteiger partial charge >= 0.3 is 6.18 Å². The molecule has 0 spiro atoms. The molecule has 0 fully saturated rings. The van der Waals surface area contributed by atoms with Gasteiger partial charge < -0.3 is 4.42 Å². The summed E-state index contributed by atoms with van der Waals surface area (Å²) < 4.78 is 40.6. The highest BCUT2D eigenvalue weighted by atomic mass is 32.1. The molecule has 74 valence electrons. The van der Waals surface area contributed by atoms with Crippen molar-refractivity contribution in [1.29, 1.82) is 0 Å². The van der Waals surface area contributed by atoms with Crippen molar-refractivity contribution < 1.29 is 17.6 Å². The average molecular weight is 210 g/mol. The molecule has 0 saturated carbocycles. The summed E-state index contributed by atoms with van der Waals surface area (Å²) in [4.78, 5) is 0. The molecule has 1 aromatic heterocycles. The van der Waals surface area contributed by atoms with Gasteiger partial charge in [0.05, 0.1) is 0 Å². The van der Waals surface area contributed by atoms with Crippen molar-refractivity contribution in [3.63, 3.8) is 0 Å². The molecule has 0 atom stereocenters. The van der Waals surface area contributed by atoms with Crippen LogP contribution in [0.3, 0.4) is 0 Å². The van der Waals surface area contributed by atoms with Gasteiger partial charge in [-0.05, 0) is 24.3 Å². The Hall–Kier alpha value is -0.580. The smallest absolute Gasteiger partial charge is 0.449 e. The molecule has 1 nitrogen and oxygen atoms in total. The molecule has 1 aromatic rings. The third-order valence-corrected chi connectivity index (χ3v) is 1.84. The molecule has 0 aromatic carbocycles. The number of thiol groups is 1. The fourth-order valence-electron chi connectivity index (χ4n) is 0.918. The molecule has 1 rings (SSSR count). The Morgan fingerprint density at radius 2 is 2.00 bits per heavy atom. The lowest BCUT2D eigenvalue weighted by atomic mass is 10.3. The first kappa shape index (κ1) is 10.5. The van der Waals surface area contributed by atoms with Crippen LogP contribution >= 0.6 is 12.6 Å². The first-order valence-electron chi connectivity index (χ1n) is 3.81. The van der Waals surface area contributed by atoms with Crippen LogP contribution in [0, 0.1) is 0 Å². The number of hydrogen-bond donors (Lipinski definition) is 1. The largest absolute Gasteiger partial charge is 0.457 e. The lowest BCUT2D eigenvalue weighted by molar-refractivity contribution is -0.153. The Bertz CT molecular complexity index is 267. The maximum atomic E-state index is 12.0. The molecular weight excluding hydrogens is 201 g/mol.